The average Bonchev–Trinajstić information content (AvgIpc) is 3.03. The predicted molar refractivity (Wildman–Crippen MR) is 96.3 cm³/mol. The van der Waals surface area contributed by atoms with Gasteiger partial charge in [0.2, 0.25) is 11.9 Å². The molecule has 0 radical (unpaired) electrons. The van der Waals surface area contributed by atoms with Gasteiger partial charge in [0.15, 0.2) is 5.78 Å². The molecule has 0 atom stereocenters. The van der Waals surface area contributed by atoms with E-state index >= 15 is 0 Å². The summed E-state index contributed by atoms with van der Waals surface area (Å²) in [6.07, 6.45) is 0.752. The Bertz CT molecular complexity index is 884. The third-order valence-electron chi connectivity index (χ3n) is 4.19. The van der Waals surface area contributed by atoms with E-state index in [9.17, 15) is 14.4 Å². The van der Waals surface area contributed by atoms with Gasteiger partial charge in [-0.3, -0.25) is 19.4 Å². The number of ketones is 1. The average molecular weight is 360 g/mol. The van der Waals surface area contributed by atoms with Crippen LogP contribution < -0.4 is 10.5 Å². The zero-order chi connectivity index (χ0) is 18.1. The van der Waals surface area contributed by atoms with Crippen LogP contribution in [0.3, 0.4) is 0 Å². The van der Waals surface area contributed by atoms with Gasteiger partial charge in [0.05, 0.1) is 23.5 Å². The molecule has 1 N–H and O–H groups in total. The number of aromatic amines is 1. The van der Waals surface area contributed by atoms with Crippen molar-refractivity contribution in [3.05, 3.63) is 43.5 Å². The van der Waals surface area contributed by atoms with Crippen LogP contribution in [0.15, 0.2) is 16.2 Å². The minimum atomic E-state index is -0.135. The molecule has 0 saturated carbocycles. The second-order valence-corrected chi connectivity index (χ2v) is 7.24. The van der Waals surface area contributed by atoms with Crippen LogP contribution in [0.2, 0.25) is 0 Å². The molecule has 132 valence electrons. The third-order valence-corrected chi connectivity index (χ3v) is 5.27. The number of nitrogens with zero attached hydrogens (tertiary/aromatic N) is 3. The summed E-state index contributed by atoms with van der Waals surface area (Å²) in [6.45, 7) is 2.36. The Labute approximate surface area is 149 Å². The fraction of sp³-hybridized carbons (Fsp3) is 0.412. The number of fused-ring (bicyclic) bond motifs is 1. The monoisotopic (exact) mass is 360 g/mol. The van der Waals surface area contributed by atoms with Crippen LogP contribution in [-0.4, -0.2) is 47.2 Å². The molecular weight excluding hydrogens is 340 g/mol. The smallest absolute Gasteiger partial charge is 0.255 e. The molecular formula is C17H20N4O3S. The van der Waals surface area contributed by atoms with Crippen molar-refractivity contribution in [3.63, 3.8) is 0 Å². The van der Waals surface area contributed by atoms with Crippen LogP contribution in [-0.2, 0) is 24.2 Å². The SMILES string of the molecule is CC(=O)c1cc(CC(=O)N2CCc3c(nc(N(C)C)[nH]c3=O)C2)cs1. The number of thiophene rings is 1. The first-order valence-corrected chi connectivity index (χ1v) is 8.88. The molecule has 3 heterocycles. The Morgan fingerprint density at radius 3 is 2.80 bits per heavy atom. The lowest BCUT2D eigenvalue weighted by Crippen LogP contribution is -2.40. The molecule has 0 bridgehead atoms. The van der Waals surface area contributed by atoms with Gasteiger partial charge in [-0.05, 0) is 30.4 Å². The van der Waals surface area contributed by atoms with E-state index in [-0.39, 0.29) is 23.7 Å². The van der Waals surface area contributed by atoms with Gasteiger partial charge >= 0.3 is 0 Å². The Balaban J connectivity index is 1.76. The summed E-state index contributed by atoms with van der Waals surface area (Å²) in [5.74, 6) is 0.476. The maximum absolute atomic E-state index is 12.6. The van der Waals surface area contributed by atoms with E-state index < -0.39 is 0 Å². The molecule has 0 unspecified atom stereocenters. The number of amides is 1. The Hall–Kier alpha value is -2.48. The molecule has 1 aliphatic heterocycles. The van der Waals surface area contributed by atoms with Crippen molar-refractivity contribution in [2.75, 3.05) is 25.5 Å². The zero-order valence-electron chi connectivity index (χ0n) is 14.5. The van der Waals surface area contributed by atoms with Crippen molar-refractivity contribution in [3.8, 4) is 0 Å². The summed E-state index contributed by atoms with van der Waals surface area (Å²) in [5.41, 5.74) is 2.02. The van der Waals surface area contributed by atoms with Gasteiger partial charge in [0.1, 0.15) is 0 Å². The van der Waals surface area contributed by atoms with E-state index in [2.05, 4.69) is 9.97 Å². The van der Waals surface area contributed by atoms with Crippen LogP contribution in [0.25, 0.3) is 0 Å². The van der Waals surface area contributed by atoms with Crippen molar-refractivity contribution in [2.24, 2.45) is 0 Å². The Morgan fingerprint density at radius 2 is 2.16 bits per heavy atom. The molecule has 0 saturated heterocycles. The van der Waals surface area contributed by atoms with Crippen molar-refractivity contribution < 1.29 is 9.59 Å². The number of rotatable bonds is 4. The third kappa shape index (κ3) is 3.63. The van der Waals surface area contributed by atoms with Crippen molar-refractivity contribution >= 4 is 29.0 Å². The number of H-pyrrole nitrogens is 1. The molecule has 3 rings (SSSR count). The molecule has 2 aromatic rings. The van der Waals surface area contributed by atoms with E-state index in [1.54, 1.807) is 30.0 Å². The van der Waals surface area contributed by atoms with Crippen molar-refractivity contribution in [2.45, 2.75) is 26.3 Å². The number of Topliss-reactive ketones (excluding diaryl/α,β-unsaturated/α-hetero) is 1. The normalized spacial score (nSPS) is 13.5. The minimum Gasteiger partial charge on any atom is -0.348 e. The molecule has 2 aromatic heterocycles. The number of anilines is 1. The Morgan fingerprint density at radius 1 is 1.40 bits per heavy atom. The Kier molecular flexibility index (Phi) is 4.71. The molecule has 7 nitrogen and oxygen atoms in total. The number of aromatic nitrogens is 2. The van der Waals surface area contributed by atoms with E-state index in [0.717, 1.165) is 5.56 Å². The van der Waals surface area contributed by atoms with Crippen LogP contribution in [0.5, 0.6) is 0 Å². The summed E-state index contributed by atoms with van der Waals surface area (Å²) in [5, 5.41) is 1.85. The number of hydrogen-bond acceptors (Lipinski definition) is 6. The van der Waals surface area contributed by atoms with Gasteiger partial charge in [0, 0.05) is 26.2 Å². The van der Waals surface area contributed by atoms with Gasteiger partial charge in [-0.1, -0.05) is 0 Å². The van der Waals surface area contributed by atoms with Crippen molar-refractivity contribution in [1.29, 1.82) is 0 Å². The minimum absolute atomic E-state index is 0.00948. The first-order valence-electron chi connectivity index (χ1n) is 8.00. The number of nitrogens with one attached hydrogen (secondary N) is 1. The van der Waals surface area contributed by atoms with Gasteiger partial charge in [-0.25, -0.2) is 4.98 Å². The highest BCUT2D eigenvalue weighted by Gasteiger charge is 2.25. The zero-order valence-corrected chi connectivity index (χ0v) is 15.3. The van der Waals surface area contributed by atoms with Crippen LogP contribution in [0.1, 0.15) is 33.4 Å². The quantitative estimate of drug-likeness (QED) is 0.829. The van der Waals surface area contributed by atoms with E-state index in [1.807, 2.05) is 5.38 Å². The highest BCUT2D eigenvalue weighted by Crippen LogP contribution is 2.19. The number of hydrogen-bond donors (Lipinski definition) is 1. The highest BCUT2D eigenvalue weighted by atomic mass is 32.1. The molecule has 1 aliphatic rings. The number of carbonyl (C=O) groups is 2. The van der Waals surface area contributed by atoms with E-state index in [0.29, 0.717) is 41.6 Å². The summed E-state index contributed by atoms with van der Waals surface area (Å²) in [7, 11) is 3.61. The maximum atomic E-state index is 12.6. The topological polar surface area (TPSA) is 86.4 Å². The first kappa shape index (κ1) is 17.3. The largest absolute Gasteiger partial charge is 0.348 e. The van der Waals surface area contributed by atoms with Crippen LogP contribution >= 0.6 is 11.3 Å². The second-order valence-electron chi connectivity index (χ2n) is 6.33. The molecule has 1 amide bonds. The lowest BCUT2D eigenvalue weighted by atomic mass is 10.1. The molecule has 0 aliphatic carbocycles. The standard InChI is InChI=1S/C17H20N4O3S/c1-10(22)14-6-11(9-25-14)7-15(23)21-5-4-12-13(8-21)18-17(20(2)3)19-16(12)24/h6,9H,4-5,7-8H2,1-3H3,(H,18,19,24). The lowest BCUT2D eigenvalue weighted by Gasteiger charge is -2.28. The van der Waals surface area contributed by atoms with Crippen molar-refractivity contribution in [1.82, 2.24) is 14.9 Å². The van der Waals surface area contributed by atoms with Gasteiger partial charge in [-0.15, -0.1) is 11.3 Å². The van der Waals surface area contributed by atoms with E-state index in [4.69, 9.17) is 0 Å². The maximum Gasteiger partial charge on any atom is 0.255 e. The fourth-order valence-electron chi connectivity index (χ4n) is 2.79. The van der Waals surface area contributed by atoms with Crippen LogP contribution in [0.4, 0.5) is 5.95 Å². The molecule has 25 heavy (non-hydrogen) atoms. The van der Waals surface area contributed by atoms with Gasteiger partial charge in [0.25, 0.3) is 5.56 Å². The highest BCUT2D eigenvalue weighted by molar-refractivity contribution is 7.12. The molecule has 0 fully saturated rings. The summed E-state index contributed by atoms with van der Waals surface area (Å²) in [6, 6.07) is 1.77. The second kappa shape index (κ2) is 6.79. The summed E-state index contributed by atoms with van der Waals surface area (Å²) >= 11 is 1.36. The van der Waals surface area contributed by atoms with Crippen LogP contribution in [0, 0.1) is 0 Å². The predicted octanol–water partition coefficient (Wildman–Crippen LogP) is 1.23. The summed E-state index contributed by atoms with van der Waals surface area (Å²) in [4.78, 5) is 47.5. The first-order chi connectivity index (χ1) is 11.8. The van der Waals surface area contributed by atoms with E-state index in [1.165, 1.54) is 18.3 Å². The molecule has 0 spiro atoms. The molecule has 8 heteroatoms. The lowest BCUT2D eigenvalue weighted by molar-refractivity contribution is -0.131. The summed E-state index contributed by atoms with van der Waals surface area (Å²) < 4.78 is 0. The molecule has 0 aromatic carbocycles. The number of carbonyl (C=O) groups excluding carboxylic acids is 2. The van der Waals surface area contributed by atoms with Gasteiger partial charge < -0.3 is 9.80 Å². The van der Waals surface area contributed by atoms with Gasteiger partial charge in [-0.2, -0.15) is 0 Å². The fourth-order valence-corrected chi connectivity index (χ4v) is 3.61.